The van der Waals surface area contributed by atoms with Crippen LogP contribution < -0.4 is 26.0 Å². The fourth-order valence-electron chi connectivity index (χ4n) is 5.06. The van der Waals surface area contributed by atoms with Crippen molar-refractivity contribution in [2.24, 2.45) is 0 Å². The molecule has 2 amide bonds. The number of alkyl halides is 1. The molecular weight excluding hydrogens is 632 g/mol. The zero-order valence-electron chi connectivity index (χ0n) is 25.2. The minimum absolute atomic E-state index is 0.0813. The Kier molecular flexibility index (Phi) is 11.5. The van der Waals surface area contributed by atoms with Crippen LogP contribution in [0, 0.1) is 0 Å². The Hall–Kier alpha value is -4.16. The number of carbonyl (C=O) groups excluding carboxylic acids is 2. The highest BCUT2D eigenvalue weighted by atomic mass is 35.5. The molecule has 10 nitrogen and oxygen atoms in total. The van der Waals surface area contributed by atoms with Gasteiger partial charge < -0.3 is 26.0 Å². The third-order valence-corrected chi connectivity index (χ3v) is 8.25. The summed E-state index contributed by atoms with van der Waals surface area (Å²) >= 11 is 13.7. The third-order valence-electron chi connectivity index (χ3n) is 7.46. The fraction of sp³-hybridized carbons (Fsp3) is 0.303. The van der Waals surface area contributed by atoms with E-state index in [1.54, 1.807) is 55.9 Å². The van der Waals surface area contributed by atoms with E-state index in [9.17, 15) is 14.0 Å². The van der Waals surface area contributed by atoms with E-state index in [0.717, 1.165) is 17.5 Å². The topological polar surface area (TPSA) is 130 Å². The minimum Gasteiger partial charge on any atom is -0.481 e. The Morgan fingerprint density at radius 1 is 1.04 bits per heavy atom. The molecular formula is C33H34Cl2FN7O3. The van der Waals surface area contributed by atoms with Gasteiger partial charge >= 0.3 is 0 Å². The van der Waals surface area contributed by atoms with Crippen LogP contribution in [0.2, 0.25) is 10.0 Å². The number of ether oxygens (including phenoxy) is 1. The number of nitrogens with zero attached hydrogens (tertiary/aromatic N) is 3. The lowest BCUT2D eigenvalue weighted by molar-refractivity contribution is -0.119. The average molecular weight is 667 g/mol. The number of rotatable bonds is 14. The summed E-state index contributed by atoms with van der Waals surface area (Å²) in [5.41, 5.74) is 4.51. The molecule has 240 valence electrons. The first kappa shape index (κ1) is 33.2. The lowest BCUT2D eigenvalue weighted by atomic mass is 10.1. The molecule has 0 spiro atoms. The smallest absolute Gasteiger partial charge is 0.274 e. The predicted molar refractivity (Wildman–Crippen MR) is 177 cm³/mol. The molecule has 0 bridgehead atoms. The summed E-state index contributed by atoms with van der Waals surface area (Å²) in [6, 6.07) is 14.3. The second kappa shape index (κ2) is 15.9. The molecule has 3 aromatic heterocycles. The molecule has 1 fully saturated rings. The number of pyridine rings is 3. The molecule has 5 rings (SSSR count). The van der Waals surface area contributed by atoms with Gasteiger partial charge in [-0.3, -0.25) is 23.9 Å². The Labute approximate surface area is 276 Å². The first-order valence-corrected chi connectivity index (χ1v) is 15.6. The number of amides is 2. The molecule has 13 heteroatoms. The van der Waals surface area contributed by atoms with Crippen LogP contribution in [0.3, 0.4) is 0 Å². The van der Waals surface area contributed by atoms with Gasteiger partial charge in [-0.05, 0) is 49.2 Å². The molecule has 46 heavy (non-hydrogen) atoms. The van der Waals surface area contributed by atoms with E-state index in [0.29, 0.717) is 78.1 Å². The molecule has 1 aliphatic heterocycles. The minimum atomic E-state index is -0.428. The number of aromatic nitrogens is 3. The van der Waals surface area contributed by atoms with E-state index < -0.39 is 5.91 Å². The van der Waals surface area contributed by atoms with Crippen molar-refractivity contribution in [3.63, 3.8) is 0 Å². The van der Waals surface area contributed by atoms with E-state index in [2.05, 4.69) is 31.2 Å². The van der Waals surface area contributed by atoms with Gasteiger partial charge in [-0.2, -0.15) is 0 Å². The highest BCUT2D eigenvalue weighted by Crippen LogP contribution is 2.40. The summed E-state index contributed by atoms with van der Waals surface area (Å²) < 4.78 is 17.9. The van der Waals surface area contributed by atoms with Crippen molar-refractivity contribution in [1.29, 1.82) is 0 Å². The normalized spacial score (nSPS) is 14.3. The van der Waals surface area contributed by atoms with Crippen LogP contribution in [0.4, 0.5) is 10.1 Å². The average Bonchev–Trinajstić information content (AvgIpc) is 3.49. The summed E-state index contributed by atoms with van der Waals surface area (Å²) in [5.74, 6) is 0.104. The summed E-state index contributed by atoms with van der Waals surface area (Å²) in [4.78, 5) is 37.9. The molecule has 4 N–H and O–H groups in total. The van der Waals surface area contributed by atoms with Crippen molar-refractivity contribution >= 4 is 40.7 Å². The number of methoxy groups -OCH3 is 1. The lowest BCUT2D eigenvalue weighted by Crippen LogP contribution is -2.35. The SMILES string of the molecule is COc1nc(-c2ccnc(-c3cccc(NC(=O)c4ccc(CNCCCF)cn4)c3Cl)c2Cl)ccc1CNCC1CCC(=O)N1. The van der Waals surface area contributed by atoms with Crippen LogP contribution >= 0.6 is 23.2 Å². The Morgan fingerprint density at radius 2 is 1.91 bits per heavy atom. The monoisotopic (exact) mass is 665 g/mol. The van der Waals surface area contributed by atoms with Gasteiger partial charge in [-0.15, -0.1) is 0 Å². The molecule has 4 heterocycles. The quantitative estimate of drug-likeness (QED) is 0.128. The number of anilines is 1. The summed E-state index contributed by atoms with van der Waals surface area (Å²) in [7, 11) is 1.56. The second-order valence-electron chi connectivity index (χ2n) is 10.7. The number of benzene rings is 1. The van der Waals surface area contributed by atoms with Crippen LogP contribution in [0.25, 0.3) is 22.5 Å². The molecule has 1 saturated heterocycles. The van der Waals surface area contributed by atoms with Gasteiger partial charge in [0, 0.05) is 61.2 Å². The number of carbonyl (C=O) groups is 2. The van der Waals surface area contributed by atoms with Crippen LogP contribution in [0.15, 0.2) is 60.9 Å². The number of nitrogens with one attached hydrogen (secondary N) is 4. The van der Waals surface area contributed by atoms with Gasteiger partial charge in [-0.1, -0.05) is 47.5 Å². The van der Waals surface area contributed by atoms with Gasteiger partial charge in [0.05, 0.1) is 40.9 Å². The molecule has 1 aliphatic rings. The van der Waals surface area contributed by atoms with E-state index >= 15 is 0 Å². The molecule has 4 aromatic rings. The van der Waals surface area contributed by atoms with Gasteiger partial charge in [0.2, 0.25) is 11.8 Å². The Bertz CT molecular complexity index is 1690. The first-order chi connectivity index (χ1) is 22.4. The highest BCUT2D eigenvalue weighted by Gasteiger charge is 2.21. The van der Waals surface area contributed by atoms with E-state index in [1.165, 1.54) is 0 Å². The van der Waals surface area contributed by atoms with Crippen molar-refractivity contribution in [3.8, 4) is 28.4 Å². The Morgan fingerprint density at radius 3 is 2.65 bits per heavy atom. The standard InChI is InChI=1S/C33H34Cl2FN7O3/c1-46-33-21(18-38-19-22-8-11-28(44)41-22)7-10-25(43-33)23-12-15-39-31(30(23)35)24-4-2-5-26(29(24)34)42-32(45)27-9-6-20(17-40-27)16-37-14-3-13-36/h2,4-7,9-10,12,15,17,22,37-38H,3,8,11,13-14,16,18-19H2,1H3,(H,41,44)(H,42,45). The summed E-state index contributed by atoms with van der Waals surface area (Å²) in [6.07, 6.45) is 5.04. The maximum Gasteiger partial charge on any atom is 0.274 e. The van der Waals surface area contributed by atoms with E-state index in [-0.39, 0.29) is 29.3 Å². The van der Waals surface area contributed by atoms with Crippen molar-refractivity contribution in [2.45, 2.75) is 38.4 Å². The first-order valence-electron chi connectivity index (χ1n) is 14.9. The van der Waals surface area contributed by atoms with Gasteiger partial charge in [0.1, 0.15) is 5.69 Å². The number of hydrogen-bond donors (Lipinski definition) is 4. The maximum absolute atomic E-state index is 13.0. The largest absolute Gasteiger partial charge is 0.481 e. The molecule has 1 atom stereocenters. The predicted octanol–water partition coefficient (Wildman–Crippen LogP) is 5.59. The number of hydrogen-bond acceptors (Lipinski definition) is 8. The maximum atomic E-state index is 13.0. The molecule has 0 saturated carbocycles. The van der Waals surface area contributed by atoms with Crippen LogP contribution in [0.5, 0.6) is 5.88 Å². The third kappa shape index (κ3) is 8.16. The molecule has 0 aliphatic carbocycles. The molecule has 1 unspecified atom stereocenters. The summed E-state index contributed by atoms with van der Waals surface area (Å²) in [6.45, 7) is 1.90. The van der Waals surface area contributed by atoms with Crippen molar-refractivity contribution < 1.29 is 18.7 Å². The van der Waals surface area contributed by atoms with Crippen LogP contribution in [-0.2, 0) is 17.9 Å². The van der Waals surface area contributed by atoms with Gasteiger partial charge in [0.25, 0.3) is 5.91 Å². The number of halogens is 3. The van der Waals surface area contributed by atoms with Crippen molar-refractivity contribution in [2.75, 3.05) is 32.2 Å². The van der Waals surface area contributed by atoms with Crippen LogP contribution in [-0.4, -0.2) is 59.7 Å². The lowest BCUT2D eigenvalue weighted by Gasteiger charge is -2.15. The zero-order chi connectivity index (χ0) is 32.5. The Balaban J connectivity index is 1.30. The zero-order valence-corrected chi connectivity index (χ0v) is 26.7. The summed E-state index contributed by atoms with van der Waals surface area (Å²) in [5, 5.41) is 12.9. The molecule has 1 aromatic carbocycles. The van der Waals surface area contributed by atoms with E-state index in [4.69, 9.17) is 32.9 Å². The highest BCUT2D eigenvalue weighted by molar-refractivity contribution is 6.39. The second-order valence-corrected chi connectivity index (χ2v) is 11.5. The van der Waals surface area contributed by atoms with Gasteiger partial charge in [-0.25, -0.2) is 4.98 Å². The van der Waals surface area contributed by atoms with Crippen molar-refractivity contribution in [1.82, 2.24) is 30.9 Å². The van der Waals surface area contributed by atoms with Crippen LogP contribution in [0.1, 0.15) is 40.9 Å². The van der Waals surface area contributed by atoms with E-state index in [1.807, 2.05) is 12.1 Å². The van der Waals surface area contributed by atoms with Gasteiger partial charge in [0.15, 0.2) is 0 Å². The van der Waals surface area contributed by atoms with Crippen molar-refractivity contribution in [3.05, 3.63) is 87.8 Å². The fourth-order valence-corrected chi connectivity index (χ4v) is 5.63. The molecule has 0 radical (unpaired) electrons.